The van der Waals surface area contributed by atoms with E-state index < -0.39 is 0 Å². The van der Waals surface area contributed by atoms with E-state index in [0.29, 0.717) is 5.56 Å². The number of aldehydes is 1. The van der Waals surface area contributed by atoms with Gasteiger partial charge < -0.3 is 0 Å². The third kappa shape index (κ3) is 3.46. The molecule has 1 saturated carbocycles. The number of benzene rings is 2. The van der Waals surface area contributed by atoms with E-state index in [4.69, 9.17) is 0 Å². The van der Waals surface area contributed by atoms with Gasteiger partial charge in [-0.05, 0) is 42.5 Å². The molecule has 0 spiro atoms. The molecule has 1 heteroatoms. The van der Waals surface area contributed by atoms with Gasteiger partial charge in [-0.15, -0.1) is 0 Å². The van der Waals surface area contributed by atoms with E-state index >= 15 is 0 Å². The van der Waals surface area contributed by atoms with Gasteiger partial charge in [0.25, 0.3) is 0 Å². The summed E-state index contributed by atoms with van der Waals surface area (Å²) in [7, 11) is 0. The van der Waals surface area contributed by atoms with Gasteiger partial charge in [-0.1, -0.05) is 61.4 Å². The summed E-state index contributed by atoms with van der Waals surface area (Å²) in [6, 6.07) is 16.1. The highest BCUT2D eigenvalue weighted by molar-refractivity contribution is 5.79. The zero-order valence-electron chi connectivity index (χ0n) is 12.7. The molecular weight excluding hydrogens is 268 g/mol. The number of hydrogen-bond donors (Lipinski definition) is 0. The lowest BCUT2D eigenvalue weighted by Crippen LogP contribution is -2.04. The predicted molar refractivity (Wildman–Crippen MR) is 90.1 cm³/mol. The number of carbonyl (C=O) groups excluding carboxylic acids is 1. The van der Waals surface area contributed by atoms with E-state index in [1.54, 1.807) is 6.07 Å². The molecule has 0 bridgehead atoms. The molecular formula is C21H20O. The predicted octanol–water partition coefficient (Wildman–Crippen LogP) is 4.95. The minimum Gasteiger partial charge on any atom is -0.298 e. The van der Waals surface area contributed by atoms with Crippen LogP contribution in [0.4, 0.5) is 0 Å². The standard InChI is InChI=1S/C21H20O/c22-16-21-9-5-4-8-19(21)13-10-17-11-14-20(15-12-17)18-6-2-1-3-7-18/h4-5,8-9,11-12,14-16,18H,1-3,6-7H2. The fourth-order valence-electron chi connectivity index (χ4n) is 3.13. The molecule has 22 heavy (non-hydrogen) atoms. The van der Waals surface area contributed by atoms with Gasteiger partial charge in [-0.2, -0.15) is 0 Å². The van der Waals surface area contributed by atoms with Gasteiger partial charge in [0, 0.05) is 16.7 Å². The molecule has 3 rings (SSSR count). The van der Waals surface area contributed by atoms with Crippen molar-refractivity contribution in [2.45, 2.75) is 38.0 Å². The average Bonchev–Trinajstić information content (AvgIpc) is 2.61. The molecule has 0 unspecified atom stereocenters. The molecule has 1 fully saturated rings. The maximum absolute atomic E-state index is 11.0. The van der Waals surface area contributed by atoms with E-state index in [1.165, 1.54) is 37.7 Å². The summed E-state index contributed by atoms with van der Waals surface area (Å²) >= 11 is 0. The van der Waals surface area contributed by atoms with Gasteiger partial charge in [-0.3, -0.25) is 4.79 Å². The molecule has 0 aliphatic heterocycles. The summed E-state index contributed by atoms with van der Waals surface area (Å²) in [4.78, 5) is 11.0. The highest BCUT2D eigenvalue weighted by atomic mass is 16.1. The number of rotatable bonds is 2. The molecule has 1 aliphatic carbocycles. The lowest BCUT2D eigenvalue weighted by Gasteiger charge is -2.21. The molecule has 1 aliphatic rings. The summed E-state index contributed by atoms with van der Waals surface area (Å²) in [5, 5.41) is 0. The summed E-state index contributed by atoms with van der Waals surface area (Å²) in [5.41, 5.74) is 3.88. The first kappa shape index (κ1) is 14.6. The van der Waals surface area contributed by atoms with Gasteiger partial charge in [0.15, 0.2) is 6.29 Å². The zero-order chi connectivity index (χ0) is 15.2. The van der Waals surface area contributed by atoms with Gasteiger partial charge >= 0.3 is 0 Å². The summed E-state index contributed by atoms with van der Waals surface area (Å²) < 4.78 is 0. The van der Waals surface area contributed by atoms with Crippen molar-refractivity contribution in [2.24, 2.45) is 0 Å². The fraction of sp³-hybridized carbons (Fsp3) is 0.286. The molecule has 0 aromatic heterocycles. The fourth-order valence-corrected chi connectivity index (χ4v) is 3.13. The van der Waals surface area contributed by atoms with E-state index in [2.05, 4.69) is 36.1 Å². The maximum atomic E-state index is 11.0. The Balaban J connectivity index is 1.76. The van der Waals surface area contributed by atoms with Crippen LogP contribution in [0.25, 0.3) is 0 Å². The van der Waals surface area contributed by atoms with Crippen LogP contribution in [0.1, 0.15) is 65.1 Å². The molecule has 0 amide bonds. The molecule has 2 aromatic rings. The van der Waals surface area contributed by atoms with Crippen LogP contribution < -0.4 is 0 Å². The second-order valence-electron chi connectivity index (χ2n) is 5.91. The monoisotopic (exact) mass is 288 g/mol. The molecule has 110 valence electrons. The van der Waals surface area contributed by atoms with Gasteiger partial charge in [0.2, 0.25) is 0 Å². The van der Waals surface area contributed by atoms with E-state index in [0.717, 1.165) is 23.3 Å². The van der Waals surface area contributed by atoms with Gasteiger partial charge in [0.1, 0.15) is 0 Å². The SMILES string of the molecule is O=Cc1ccccc1C#Cc1ccc(C2CCCCC2)cc1. The lowest BCUT2D eigenvalue weighted by molar-refractivity contribution is 0.112. The third-order valence-electron chi connectivity index (χ3n) is 4.42. The Bertz CT molecular complexity index is 695. The summed E-state index contributed by atoms with van der Waals surface area (Å²) in [6.07, 6.45) is 7.59. The van der Waals surface area contributed by atoms with Crippen molar-refractivity contribution in [3.05, 3.63) is 70.8 Å². The Labute approximate surface area is 132 Å². The quantitative estimate of drug-likeness (QED) is 0.564. The number of hydrogen-bond acceptors (Lipinski definition) is 1. The Kier molecular flexibility index (Phi) is 4.71. The van der Waals surface area contributed by atoms with Crippen molar-refractivity contribution in [1.82, 2.24) is 0 Å². The highest BCUT2D eigenvalue weighted by Crippen LogP contribution is 2.32. The first-order valence-corrected chi connectivity index (χ1v) is 8.03. The highest BCUT2D eigenvalue weighted by Gasteiger charge is 2.14. The summed E-state index contributed by atoms with van der Waals surface area (Å²) in [5.74, 6) is 6.98. The average molecular weight is 288 g/mol. The van der Waals surface area contributed by atoms with Crippen LogP contribution in [0.15, 0.2) is 48.5 Å². The van der Waals surface area contributed by atoms with Crippen molar-refractivity contribution in [2.75, 3.05) is 0 Å². The van der Waals surface area contributed by atoms with Crippen molar-refractivity contribution in [1.29, 1.82) is 0 Å². The van der Waals surface area contributed by atoms with Crippen molar-refractivity contribution < 1.29 is 4.79 Å². The maximum Gasteiger partial charge on any atom is 0.151 e. The van der Waals surface area contributed by atoms with E-state index in [-0.39, 0.29) is 0 Å². The topological polar surface area (TPSA) is 17.1 Å². The van der Waals surface area contributed by atoms with Crippen molar-refractivity contribution in [3.8, 4) is 11.8 Å². The molecule has 1 nitrogen and oxygen atoms in total. The smallest absolute Gasteiger partial charge is 0.151 e. The molecule has 0 heterocycles. The van der Waals surface area contributed by atoms with Crippen LogP contribution >= 0.6 is 0 Å². The summed E-state index contributed by atoms with van der Waals surface area (Å²) in [6.45, 7) is 0. The molecule has 0 atom stereocenters. The Hall–Kier alpha value is -2.33. The normalized spacial score (nSPS) is 14.9. The third-order valence-corrected chi connectivity index (χ3v) is 4.42. The van der Waals surface area contributed by atoms with Crippen LogP contribution in [-0.2, 0) is 0 Å². The molecule has 0 radical (unpaired) electrons. The molecule has 0 N–H and O–H groups in total. The van der Waals surface area contributed by atoms with Crippen LogP contribution in [-0.4, -0.2) is 6.29 Å². The van der Waals surface area contributed by atoms with Crippen LogP contribution in [0.2, 0.25) is 0 Å². The lowest BCUT2D eigenvalue weighted by atomic mass is 9.84. The van der Waals surface area contributed by atoms with Crippen LogP contribution in [0, 0.1) is 11.8 Å². The van der Waals surface area contributed by atoms with Gasteiger partial charge in [-0.25, -0.2) is 0 Å². The second kappa shape index (κ2) is 7.09. The molecule has 2 aromatic carbocycles. The Morgan fingerprint density at radius 1 is 0.864 bits per heavy atom. The van der Waals surface area contributed by atoms with Crippen molar-refractivity contribution in [3.63, 3.8) is 0 Å². The molecule has 0 saturated heterocycles. The Morgan fingerprint density at radius 2 is 1.59 bits per heavy atom. The second-order valence-corrected chi connectivity index (χ2v) is 5.91. The van der Waals surface area contributed by atoms with E-state index in [1.807, 2.05) is 18.2 Å². The minimum absolute atomic E-state index is 0.647. The van der Waals surface area contributed by atoms with Crippen LogP contribution in [0.5, 0.6) is 0 Å². The van der Waals surface area contributed by atoms with E-state index in [9.17, 15) is 4.79 Å². The van der Waals surface area contributed by atoms with Gasteiger partial charge in [0.05, 0.1) is 0 Å². The first-order valence-electron chi connectivity index (χ1n) is 8.03. The van der Waals surface area contributed by atoms with Crippen molar-refractivity contribution >= 4 is 6.29 Å². The zero-order valence-corrected chi connectivity index (χ0v) is 12.7. The minimum atomic E-state index is 0.647. The van der Waals surface area contributed by atoms with Crippen LogP contribution in [0.3, 0.4) is 0 Å². The number of carbonyl (C=O) groups is 1. The Morgan fingerprint density at radius 3 is 2.32 bits per heavy atom. The largest absolute Gasteiger partial charge is 0.298 e. The first-order chi connectivity index (χ1) is 10.9.